The van der Waals surface area contributed by atoms with Gasteiger partial charge in [-0.25, -0.2) is 0 Å². The SMILES string of the molecule is CN=C(NCc1cc(OC)c(O)c(OC)c1)NCC(C)c1ccc(C)cc1. The summed E-state index contributed by atoms with van der Waals surface area (Å²) in [6.07, 6.45) is 0. The summed E-state index contributed by atoms with van der Waals surface area (Å²) >= 11 is 0. The molecule has 0 saturated heterocycles. The minimum absolute atomic E-state index is 0.00169. The third-order valence-corrected chi connectivity index (χ3v) is 4.45. The summed E-state index contributed by atoms with van der Waals surface area (Å²) in [4.78, 5) is 4.27. The molecule has 0 aliphatic rings. The highest BCUT2D eigenvalue weighted by Crippen LogP contribution is 2.36. The van der Waals surface area contributed by atoms with Crippen LogP contribution in [0.5, 0.6) is 17.2 Å². The van der Waals surface area contributed by atoms with Gasteiger partial charge in [0.2, 0.25) is 5.75 Å². The molecule has 27 heavy (non-hydrogen) atoms. The first-order valence-corrected chi connectivity index (χ1v) is 8.93. The predicted octanol–water partition coefficient (Wildman–Crippen LogP) is 3.19. The lowest BCUT2D eigenvalue weighted by Crippen LogP contribution is -2.38. The lowest BCUT2D eigenvalue weighted by atomic mass is 10.0. The second-order valence-electron chi connectivity index (χ2n) is 6.47. The molecule has 0 aromatic heterocycles. The van der Waals surface area contributed by atoms with Crippen molar-refractivity contribution < 1.29 is 14.6 Å². The normalized spacial score (nSPS) is 12.4. The molecule has 0 heterocycles. The zero-order chi connectivity index (χ0) is 19.8. The molecule has 2 rings (SSSR count). The largest absolute Gasteiger partial charge is 0.502 e. The van der Waals surface area contributed by atoms with Crippen LogP contribution in [0, 0.1) is 6.92 Å². The highest BCUT2D eigenvalue weighted by atomic mass is 16.5. The van der Waals surface area contributed by atoms with Crippen LogP contribution in [0.2, 0.25) is 0 Å². The second kappa shape index (κ2) is 9.71. The van der Waals surface area contributed by atoms with Crippen LogP contribution in [0.25, 0.3) is 0 Å². The van der Waals surface area contributed by atoms with E-state index in [0.717, 1.165) is 12.1 Å². The molecular weight excluding hydrogens is 342 g/mol. The Morgan fingerprint density at radius 2 is 1.67 bits per heavy atom. The summed E-state index contributed by atoms with van der Waals surface area (Å²) in [6.45, 7) is 5.56. The summed E-state index contributed by atoms with van der Waals surface area (Å²) in [6, 6.07) is 12.1. The number of nitrogens with one attached hydrogen (secondary N) is 2. The Balaban J connectivity index is 1.95. The Kier molecular flexibility index (Phi) is 7.34. The van der Waals surface area contributed by atoms with Gasteiger partial charge in [0.25, 0.3) is 0 Å². The average Bonchev–Trinajstić information content (AvgIpc) is 2.69. The molecule has 0 aliphatic heterocycles. The predicted molar refractivity (Wildman–Crippen MR) is 109 cm³/mol. The molecular formula is C21H29N3O3. The quantitative estimate of drug-likeness (QED) is 0.515. The third kappa shape index (κ3) is 5.54. The van der Waals surface area contributed by atoms with Gasteiger partial charge in [0, 0.05) is 20.1 Å². The molecule has 2 aromatic rings. The maximum Gasteiger partial charge on any atom is 0.200 e. The highest BCUT2D eigenvalue weighted by Gasteiger charge is 2.12. The van der Waals surface area contributed by atoms with Crippen LogP contribution in [0.1, 0.15) is 29.5 Å². The molecule has 2 aromatic carbocycles. The minimum atomic E-state index is -0.00169. The van der Waals surface area contributed by atoms with Crippen molar-refractivity contribution in [3.8, 4) is 17.2 Å². The average molecular weight is 371 g/mol. The third-order valence-electron chi connectivity index (χ3n) is 4.45. The fraction of sp³-hybridized carbons (Fsp3) is 0.381. The van der Waals surface area contributed by atoms with Gasteiger partial charge >= 0.3 is 0 Å². The van der Waals surface area contributed by atoms with E-state index in [4.69, 9.17) is 9.47 Å². The molecule has 0 bridgehead atoms. The van der Waals surface area contributed by atoms with Gasteiger partial charge in [0.1, 0.15) is 0 Å². The first-order valence-electron chi connectivity index (χ1n) is 8.93. The van der Waals surface area contributed by atoms with Crippen molar-refractivity contribution in [3.05, 3.63) is 53.1 Å². The maximum atomic E-state index is 10.0. The number of hydrogen-bond donors (Lipinski definition) is 3. The van der Waals surface area contributed by atoms with Crippen molar-refractivity contribution in [1.82, 2.24) is 10.6 Å². The Bertz CT molecular complexity index is 748. The standard InChI is InChI=1S/C21H29N3O3/c1-14-6-8-17(9-7-14)15(2)12-23-21(22-3)24-13-16-10-18(26-4)20(25)19(11-16)27-5/h6-11,15,25H,12-13H2,1-5H3,(H2,22,23,24). The van der Waals surface area contributed by atoms with E-state index in [1.165, 1.54) is 25.3 Å². The fourth-order valence-corrected chi connectivity index (χ4v) is 2.72. The molecule has 0 radical (unpaired) electrons. The molecule has 6 nitrogen and oxygen atoms in total. The molecule has 3 N–H and O–H groups in total. The number of phenolic OH excluding ortho intramolecular Hbond substituents is 1. The molecule has 0 aliphatic carbocycles. The number of aryl methyl sites for hydroxylation is 1. The number of nitrogens with zero attached hydrogens (tertiary/aromatic N) is 1. The number of aromatic hydroxyl groups is 1. The Hall–Kier alpha value is -2.89. The second-order valence-corrected chi connectivity index (χ2v) is 6.47. The van der Waals surface area contributed by atoms with Crippen LogP contribution >= 0.6 is 0 Å². The van der Waals surface area contributed by atoms with E-state index >= 15 is 0 Å². The summed E-state index contributed by atoms with van der Waals surface area (Å²) in [7, 11) is 4.77. The monoisotopic (exact) mass is 371 g/mol. The number of methoxy groups -OCH3 is 2. The van der Waals surface area contributed by atoms with Gasteiger partial charge in [0.15, 0.2) is 17.5 Å². The molecule has 0 saturated carbocycles. The molecule has 0 fully saturated rings. The summed E-state index contributed by atoms with van der Waals surface area (Å²) in [5.41, 5.74) is 3.46. The summed E-state index contributed by atoms with van der Waals surface area (Å²) in [5.74, 6) is 1.82. The first kappa shape index (κ1) is 20.4. The maximum absolute atomic E-state index is 10.0. The summed E-state index contributed by atoms with van der Waals surface area (Å²) in [5, 5.41) is 16.6. The number of ether oxygens (including phenoxy) is 2. The summed E-state index contributed by atoms with van der Waals surface area (Å²) < 4.78 is 10.4. The molecule has 0 amide bonds. The molecule has 6 heteroatoms. The van der Waals surface area contributed by atoms with Crippen LogP contribution in [-0.4, -0.2) is 38.9 Å². The number of aliphatic imine (C=N–C) groups is 1. The van der Waals surface area contributed by atoms with E-state index in [0.29, 0.717) is 29.9 Å². The van der Waals surface area contributed by atoms with Gasteiger partial charge in [-0.05, 0) is 36.1 Å². The Morgan fingerprint density at radius 3 is 2.19 bits per heavy atom. The molecule has 1 atom stereocenters. The Morgan fingerprint density at radius 1 is 1.07 bits per heavy atom. The number of guanidine groups is 1. The lowest BCUT2D eigenvalue weighted by molar-refractivity contribution is 0.339. The molecule has 146 valence electrons. The molecule has 0 spiro atoms. The first-order chi connectivity index (χ1) is 13.0. The van der Waals surface area contributed by atoms with Crippen molar-refractivity contribution in [2.45, 2.75) is 26.3 Å². The number of phenols is 1. The molecule has 1 unspecified atom stereocenters. The smallest absolute Gasteiger partial charge is 0.200 e. The lowest BCUT2D eigenvalue weighted by Gasteiger charge is -2.17. The number of benzene rings is 2. The van der Waals surface area contributed by atoms with Crippen LogP contribution in [0.4, 0.5) is 0 Å². The van der Waals surface area contributed by atoms with Crippen LogP contribution in [0.15, 0.2) is 41.4 Å². The van der Waals surface area contributed by atoms with Crippen molar-refractivity contribution in [2.75, 3.05) is 27.8 Å². The number of hydrogen-bond acceptors (Lipinski definition) is 4. The van der Waals surface area contributed by atoms with Crippen LogP contribution < -0.4 is 20.1 Å². The van der Waals surface area contributed by atoms with Gasteiger partial charge in [0.05, 0.1) is 14.2 Å². The zero-order valence-electron chi connectivity index (χ0n) is 16.7. The van der Waals surface area contributed by atoms with Gasteiger partial charge in [-0.2, -0.15) is 0 Å². The van der Waals surface area contributed by atoms with Gasteiger partial charge in [-0.1, -0.05) is 36.8 Å². The number of rotatable bonds is 7. The topological polar surface area (TPSA) is 75.1 Å². The van der Waals surface area contributed by atoms with Crippen LogP contribution in [0.3, 0.4) is 0 Å². The van der Waals surface area contributed by atoms with E-state index in [9.17, 15) is 5.11 Å². The van der Waals surface area contributed by atoms with Gasteiger partial charge in [-0.3, -0.25) is 4.99 Å². The van der Waals surface area contributed by atoms with Gasteiger partial charge in [-0.15, -0.1) is 0 Å². The van der Waals surface area contributed by atoms with E-state index < -0.39 is 0 Å². The van der Waals surface area contributed by atoms with Crippen LogP contribution in [-0.2, 0) is 6.54 Å². The van der Waals surface area contributed by atoms with E-state index in [1.807, 2.05) is 0 Å². The Labute approximate surface area is 161 Å². The van der Waals surface area contributed by atoms with Crippen molar-refractivity contribution in [1.29, 1.82) is 0 Å². The van der Waals surface area contributed by atoms with E-state index in [2.05, 4.69) is 53.7 Å². The van der Waals surface area contributed by atoms with E-state index in [-0.39, 0.29) is 5.75 Å². The van der Waals surface area contributed by atoms with Crippen molar-refractivity contribution >= 4 is 5.96 Å². The van der Waals surface area contributed by atoms with E-state index in [1.54, 1.807) is 19.2 Å². The fourth-order valence-electron chi connectivity index (χ4n) is 2.72. The van der Waals surface area contributed by atoms with Crippen molar-refractivity contribution in [3.63, 3.8) is 0 Å². The zero-order valence-corrected chi connectivity index (χ0v) is 16.7. The van der Waals surface area contributed by atoms with Gasteiger partial charge < -0.3 is 25.2 Å². The highest BCUT2D eigenvalue weighted by molar-refractivity contribution is 5.79. The van der Waals surface area contributed by atoms with Crippen molar-refractivity contribution in [2.24, 2.45) is 4.99 Å². The minimum Gasteiger partial charge on any atom is -0.502 e.